The van der Waals surface area contributed by atoms with Crippen molar-refractivity contribution in [3.63, 3.8) is 0 Å². The van der Waals surface area contributed by atoms with Crippen molar-refractivity contribution < 1.29 is 22.8 Å². The van der Waals surface area contributed by atoms with Gasteiger partial charge in [0.05, 0.1) is 12.7 Å². The molecule has 0 spiro atoms. The first-order chi connectivity index (χ1) is 6.26. The number of aliphatic hydroxyl groups is 1. The van der Waals surface area contributed by atoms with Crippen molar-refractivity contribution in [3.8, 4) is 0 Å². The van der Waals surface area contributed by atoms with Gasteiger partial charge in [0, 0.05) is 12.8 Å². The molecule has 6 heteroatoms. The van der Waals surface area contributed by atoms with Gasteiger partial charge in [-0.2, -0.15) is 8.42 Å². The van der Waals surface area contributed by atoms with E-state index in [1.165, 1.54) is 0 Å². The molecule has 1 rings (SSSR count). The molecule has 1 aliphatic heterocycles. The van der Waals surface area contributed by atoms with Gasteiger partial charge in [0.2, 0.25) is 0 Å². The Morgan fingerprint density at radius 3 is 2.50 bits per heavy atom. The van der Waals surface area contributed by atoms with Crippen LogP contribution in [0.25, 0.3) is 0 Å². The Bertz CT molecular complexity index is 297. The molecule has 0 saturated carbocycles. The van der Waals surface area contributed by atoms with Crippen LogP contribution in [0, 0.1) is 5.92 Å². The first-order valence-electron chi connectivity index (χ1n) is 4.57. The SMILES string of the molecule is CC(C)C1CC(O)(S(=O)(=O)O)CCO1. The lowest BCUT2D eigenvalue weighted by molar-refractivity contribution is -0.0827. The molecule has 14 heavy (non-hydrogen) atoms. The molecule has 0 aromatic heterocycles. The minimum Gasteiger partial charge on any atom is -0.378 e. The lowest BCUT2D eigenvalue weighted by atomic mass is 9.97. The third kappa shape index (κ3) is 2.25. The zero-order chi connectivity index (χ0) is 11.0. The highest BCUT2D eigenvalue weighted by Gasteiger charge is 2.46. The van der Waals surface area contributed by atoms with E-state index >= 15 is 0 Å². The maximum atomic E-state index is 10.9. The molecule has 1 fully saturated rings. The quantitative estimate of drug-likeness (QED) is 0.663. The van der Waals surface area contributed by atoms with Crippen molar-refractivity contribution in [2.24, 2.45) is 5.92 Å². The number of ether oxygens (including phenoxy) is 1. The third-order valence-electron chi connectivity index (χ3n) is 2.57. The topological polar surface area (TPSA) is 83.8 Å². The van der Waals surface area contributed by atoms with Gasteiger partial charge in [-0.05, 0) is 5.92 Å². The van der Waals surface area contributed by atoms with Crippen molar-refractivity contribution >= 4 is 10.1 Å². The fraction of sp³-hybridized carbons (Fsp3) is 1.00. The molecule has 84 valence electrons. The molecule has 0 aliphatic carbocycles. The van der Waals surface area contributed by atoms with E-state index in [4.69, 9.17) is 9.29 Å². The summed E-state index contributed by atoms with van der Waals surface area (Å²) in [6.07, 6.45) is -0.464. The van der Waals surface area contributed by atoms with E-state index in [0.29, 0.717) is 0 Å². The summed E-state index contributed by atoms with van der Waals surface area (Å²) in [5.74, 6) is 0.114. The van der Waals surface area contributed by atoms with E-state index < -0.39 is 15.1 Å². The lowest BCUT2D eigenvalue weighted by Crippen LogP contribution is -2.48. The largest absolute Gasteiger partial charge is 0.378 e. The average molecular weight is 224 g/mol. The van der Waals surface area contributed by atoms with Crippen LogP contribution >= 0.6 is 0 Å². The summed E-state index contributed by atoms with van der Waals surface area (Å²) < 4.78 is 36.0. The van der Waals surface area contributed by atoms with Gasteiger partial charge in [-0.15, -0.1) is 0 Å². The highest BCUT2D eigenvalue weighted by molar-refractivity contribution is 7.87. The number of hydrogen-bond acceptors (Lipinski definition) is 4. The fourth-order valence-corrected chi connectivity index (χ4v) is 2.22. The van der Waals surface area contributed by atoms with Gasteiger partial charge in [0.15, 0.2) is 4.93 Å². The third-order valence-corrected chi connectivity index (χ3v) is 3.90. The van der Waals surface area contributed by atoms with E-state index in [9.17, 15) is 13.5 Å². The summed E-state index contributed by atoms with van der Waals surface area (Å²) >= 11 is 0. The molecule has 1 aliphatic rings. The summed E-state index contributed by atoms with van der Waals surface area (Å²) in [6.45, 7) is 3.90. The molecular weight excluding hydrogens is 208 g/mol. The van der Waals surface area contributed by atoms with Crippen LogP contribution in [0.2, 0.25) is 0 Å². The molecule has 0 radical (unpaired) electrons. The van der Waals surface area contributed by atoms with Gasteiger partial charge >= 0.3 is 0 Å². The Hall–Kier alpha value is -0.170. The van der Waals surface area contributed by atoms with E-state index in [-0.39, 0.29) is 31.5 Å². The zero-order valence-corrected chi connectivity index (χ0v) is 9.12. The highest BCUT2D eigenvalue weighted by Crippen LogP contribution is 2.32. The Morgan fingerprint density at radius 1 is 1.50 bits per heavy atom. The van der Waals surface area contributed by atoms with E-state index in [1.54, 1.807) is 0 Å². The van der Waals surface area contributed by atoms with Crippen LogP contribution in [0.4, 0.5) is 0 Å². The Balaban J connectivity index is 2.83. The molecule has 0 bridgehead atoms. The minimum atomic E-state index is -4.42. The van der Waals surface area contributed by atoms with Crippen LogP contribution in [0.3, 0.4) is 0 Å². The smallest absolute Gasteiger partial charge is 0.295 e. The van der Waals surface area contributed by atoms with Gasteiger partial charge in [-0.25, -0.2) is 0 Å². The van der Waals surface area contributed by atoms with E-state index in [2.05, 4.69) is 0 Å². The van der Waals surface area contributed by atoms with Crippen LogP contribution in [0.1, 0.15) is 26.7 Å². The van der Waals surface area contributed by atoms with Crippen molar-refractivity contribution in [2.45, 2.75) is 37.7 Å². The molecule has 0 aromatic carbocycles. The maximum absolute atomic E-state index is 10.9. The van der Waals surface area contributed by atoms with Gasteiger partial charge in [0.1, 0.15) is 0 Å². The number of hydrogen-bond donors (Lipinski definition) is 2. The second kappa shape index (κ2) is 3.77. The van der Waals surface area contributed by atoms with Gasteiger partial charge in [-0.1, -0.05) is 13.8 Å². The summed E-state index contributed by atoms with van der Waals surface area (Å²) in [7, 11) is -4.42. The predicted molar refractivity (Wildman–Crippen MR) is 50.3 cm³/mol. The molecule has 2 atom stereocenters. The zero-order valence-electron chi connectivity index (χ0n) is 8.30. The second-order valence-electron chi connectivity index (χ2n) is 4.03. The molecule has 1 heterocycles. The van der Waals surface area contributed by atoms with Gasteiger partial charge < -0.3 is 9.84 Å². The number of rotatable bonds is 2. The molecule has 2 N–H and O–H groups in total. The maximum Gasteiger partial charge on any atom is 0.295 e. The Kier molecular flexibility index (Phi) is 3.20. The molecule has 0 aromatic rings. The Labute approximate surface area is 83.8 Å². The first kappa shape index (κ1) is 11.9. The molecule has 1 saturated heterocycles. The second-order valence-corrected chi connectivity index (χ2v) is 5.74. The van der Waals surface area contributed by atoms with Crippen molar-refractivity contribution in [1.82, 2.24) is 0 Å². The normalized spacial score (nSPS) is 34.8. The van der Waals surface area contributed by atoms with Crippen LogP contribution < -0.4 is 0 Å². The summed E-state index contributed by atoms with van der Waals surface area (Å²) in [4.78, 5) is -2.03. The van der Waals surface area contributed by atoms with Crippen molar-refractivity contribution in [3.05, 3.63) is 0 Å². The van der Waals surface area contributed by atoms with E-state index in [1.807, 2.05) is 13.8 Å². The standard InChI is InChI=1S/C8H16O5S/c1-6(2)7-5-8(9,3-4-13-7)14(10,11)12/h6-7,9H,3-5H2,1-2H3,(H,10,11,12). The van der Waals surface area contributed by atoms with E-state index in [0.717, 1.165) is 0 Å². The summed E-state index contributed by atoms with van der Waals surface area (Å²) in [5, 5.41) is 9.71. The monoisotopic (exact) mass is 224 g/mol. The van der Waals surface area contributed by atoms with Crippen LogP contribution in [0.5, 0.6) is 0 Å². The fourth-order valence-electron chi connectivity index (χ4n) is 1.51. The summed E-state index contributed by atoms with van der Waals surface area (Å²) in [5.41, 5.74) is 0. The molecule has 5 nitrogen and oxygen atoms in total. The van der Waals surface area contributed by atoms with Crippen LogP contribution in [0.15, 0.2) is 0 Å². The van der Waals surface area contributed by atoms with Crippen molar-refractivity contribution in [2.75, 3.05) is 6.61 Å². The average Bonchev–Trinajstić information content (AvgIpc) is 2.02. The van der Waals surface area contributed by atoms with Gasteiger partial charge in [-0.3, -0.25) is 4.55 Å². The van der Waals surface area contributed by atoms with Crippen LogP contribution in [-0.2, 0) is 14.9 Å². The predicted octanol–water partition coefficient (Wildman–Crippen LogP) is 0.398. The minimum absolute atomic E-state index is 0.0660. The molecular formula is C8H16O5S. The van der Waals surface area contributed by atoms with Crippen LogP contribution in [-0.4, -0.2) is 35.7 Å². The first-order valence-corrected chi connectivity index (χ1v) is 6.01. The molecule has 2 unspecified atom stereocenters. The molecule has 0 amide bonds. The van der Waals surface area contributed by atoms with Gasteiger partial charge in [0.25, 0.3) is 10.1 Å². The van der Waals surface area contributed by atoms with Crippen molar-refractivity contribution in [1.29, 1.82) is 0 Å². The highest BCUT2D eigenvalue weighted by atomic mass is 32.2. The Morgan fingerprint density at radius 2 is 2.07 bits per heavy atom. The summed E-state index contributed by atoms with van der Waals surface area (Å²) in [6, 6.07) is 0. The lowest BCUT2D eigenvalue weighted by Gasteiger charge is -2.36.